The summed E-state index contributed by atoms with van der Waals surface area (Å²) in [4.78, 5) is 33.8. The molecule has 3 heterocycles. The van der Waals surface area contributed by atoms with Gasteiger partial charge in [-0.05, 0) is 36.8 Å². The quantitative estimate of drug-likeness (QED) is 0.427. The Labute approximate surface area is 195 Å². The van der Waals surface area contributed by atoms with Crippen molar-refractivity contribution in [2.45, 2.75) is 33.9 Å². The molecule has 9 nitrogen and oxygen atoms in total. The van der Waals surface area contributed by atoms with Crippen molar-refractivity contribution in [1.82, 2.24) is 29.6 Å². The summed E-state index contributed by atoms with van der Waals surface area (Å²) in [5.41, 5.74) is 3.23. The van der Waals surface area contributed by atoms with Crippen LogP contribution in [0.3, 0.4) is 0 Å². The minimum absolute atomic E-state index is 0. The first-order valence-corrected chi connectivity index (χ1v) is 10.4. The Bertz CT molecular complexity index is 1310. The molecule has 0 aliphatic rings. The lowest BCUT2D eigenvalue weighted by Gasteiger charge is -2.12. The van der Waals surface area contributed by atoms with E-state index < -0.39 is 0 Å². The van der Waals surface area contributed by atoms with Crippen LogP contribution < -0.4 is 16.2 Å². The minimum atomic E-state index is -0.321. The molecule has 0 aliphatic carbocycles. The maximum Gasteiger partial charge on any atom is 0.293 e. The molecule has 2 N–H and O–H groups in total. The van der Waals surface area contributed by atoms with Crippen LogP contribution in [0.2, 0.25) is 0 Å². The van der Waals surface area contributed by atoms with Gasteiger partial charge >= 0.3 is 0 Å². The molecule has 0 radical (unpaired) electrons. The van der Waals surface area contributed by atoms with E-state index >= 15 is 0 Å². The number of hydrogen-bond donors (Lipinski definition) is 2. The van der Waals surface area contributed by atoms with Crippen LogP contribution in [0.25, 0.3) is 10.9 Å². The molecule has 0 saturated carbocycles. The van der Waals surface area contributed by atoms with Crippen LogP contribution in [0.5, 0.6) is 0 Å². The highest BCUT2D eigenvalue weighted by Crippen LogP contribution is 2.14. The number of nitrogens with one attached hydrogen (secondary N) is 2. The molecule has 0 bridgehead atoms. The number of aryl methyl sites for hydroxylation is 2. The van der Waals surface area contributed by atoms with E-state index in [1.54, 1.807) is 30.2 Å². The zero-order valence-electron chi connectivity index (χ0n) is 18.1. The predicted octanol–water partition coefficient (Wildman–Crippen LogP) is 2.93. The number of anilines is 1. The molecule has 0 unspecified atom stereocenters. The Hall–Kier alpha value is -4.01. The van der Waals surface area contributed by atoms with E-state index in [-0.39, 0.29) is 34.1 Å². The molecular formula is C24H33N7O2. The number of carbonyl (C=O) groups is 1. The van der Waals surface area contributed by atoms with E-state index in [2.05, 4.69) is 25.7 Å². The van der Waals surface area contributed by atoms with Gasteiger partial charge in [0.1, 0.15) is 6.54 Å². The number of hydrogen-bond acceptors (Lipinski definition) is 6. The molecule has 4 rings (SSSR count). The zero-order chi connectivity index (χ0) is 22.5. The standard InChI is InChI=1S/C23H25N7O2.CH4.2H2/c1-16-12-27-22(25-10-8-19-5-3-4-9-24-19)23(32)30(16)15-21(31)26-13-17-6-7-20-18(11-17)14-28-29(20)2;;;/h3-7,9,11-12,14H,8,10,13,15H2,1-2H3,(H,25,27)(H,26,31);1H4;2*1H. The van der Waals surface area contributed by atoms with Crippen molar-refractivity contribution >= 4 is 22.6 Å². The lowest BCUT2D eigenvalue weighted by Crippen LogP contribution is -2.34. The first-order chi connectivity index (χ1) is 15.5. The molecule has 33 heavy (non-hydrogen) atoms. The average Bonchev–Trinajstić information content (AvgIpc) is 3.17. The third-order valence-corrected chi connectivity index (χ3v) is 5.26. The molecule has 3 aromatic heterocycles. The van der Waals surface area contributed by atoms with Crippen molar-refractivity contribution in [2.24, 2.45) is 7.05 Å². The maximum absolute atomic E-state index is 12.8. The van der Waals surface area contributed by atoms with Gasteiger partial charge in [-0.2, -0.15) is 5.10 Å². The summed E-state index contributed by atoms with van der Waals surface area (Å²) >= 11 is 0. The SMILES string of the molecule is C.Cc1cnc(NCCc2ccccn2)c(=O)n1CC(=O)NCc1ccc2c(cnn2C)c1.[HH].[HH]. The van der Waals surface area contributed by atoms with Crippen LogP contribution >= 0.6 is 0 Å². The van der Waals surface area contributed by atoms with Gasteiger partial charge in [0, 0.05) is 58.6 Å². The molecule has 0 aliphatic heterocycles. The van der Waals surface area contributed by atoms with Gasteiger partial charge in [0.2, 0.25) is 5.91 Å². The van der Waals surface area contributed by atoms with Crippen LogP contribution in [0, 0.1) is 6.92 Å². The Morgan fingerprint density at radius 3 is 2.79 bits per heavy atom. The summed E-state index contributed by atoms with van der Waals surface area (Å²) in [5, 5.41) is 11.2. The van der Waals surface area contributed by atoms with Crippen molar-refractivity contribution in [3.05, 3.63) is 82.3 Å². The summed E-state index contributed by atoms with van der Waals surface area (Å²) in [7, 11) is 1.89. The fraction of sp³-hybridized carbons (Fsp3) is 0.292. The van der Waals surface area contributed by atoms with Gasteiger partial charge in [0.05, 0.1) is 11.7 Å². The lowest BCUT2D eigenvalue weighted by atomic mass is 10.1. The Kier molecular flexibility index (Phi) is 7.55. The number of aromatic nitrogens is 5. The summed E-state index contributed by atoms with van der Waals surface area (Å²) in [6, 6.07) is 11.6. The summed E-state index contributed by atoms with van der Waals surface area (Å²) in [6.45, 7) is 2.58. The van der Waals surface area contributed by atoms with E-state index in [0.29, 0.717) is 25.2 Å². The van der Waals surface area contributed by atoms with Gasteiger partial charge in [0.15, 0.2) is 5.82 Å². The molecule has 1 amide bonds. The molecule has 0 saturated heterocycles. The van der Waals surface area contributed by atoms with Gasteiger partial charge < -0.3 is 10.6 Å². The van der Waals surface area contributed by atoms with E-state index in [4.69, 9.17) is 0 Å². The maximum atomic E-state index is 12.8. The van der Waals surface area contributed by atoms with Gasteiger partial charge in [-0.3, -0.25) is 23.8 Å². The highest BCUT2D eigenvalue weighted by Gasteiger charge is 2.12. The average molecular weight is 452 g/mol. The van der Waals surface area contributed by atoms with Crippen LogP contribution in [0.4, 0.5) is 5.82 Å². The van der Waals surface area contributed by atoms with Gasteiger partial charge in [-0.1, -0.05) is 19.6 Å². The van der Waals surface area contributed by atoms with Crippen molar-refractivity contribution in [3.8, 4) is 0 Å². The van der Waals surface area contributed by atoms with Crippen molar-refractivity contribution in [1.29, 1.82) is 0 Å². The lowest BCUT2D eigenvalue weighted by molar-refractivity contribution is -0.121. The highest BCUT2D eigenvalue weighted by molar-refractivity contribution is 5.80. The minimum Gasteiger partial charge on any atom is -0.365 e. The van der Waals surface area contributed by atoms with Crippen LogP contribution in [-0.4, -0.2) is 36.8 Å². The van der Waals surface area contributed by atoms with Crippen LogP contribution in [-0.2, 0) is 31.4 Å². The summed E-state index contributed by atoms with van der Waals surface area (Å²) in [6.07, 6.45) is 5.79. The van der Waals surface area contributed by atoms with Gasteiger partial charge in [-0.15, -0.1) is 0 Å². The summed E-state index contributed by atoms with van der Waals surface area (Å²) < 4.78 is 3.23. The second-order valence-corrected chi connectivity index (χ2v) is 7.58. The molecule has 0 fully saturated rings. The largest absolute Gasteiger partial charge is 0.365 e. The molecule has 0 spiro atoms. The Morgan fingerprint density at radius 1 is 1.15 bits per heavy atom. The number of rotatable bonds is 8. The number of benzene rings is 1. The third kappa shape index (κ3) is 5.62. The van der Waals surface area contributed by atoms with Crippen molar-refractivity contribution < 1.29 is 7.65 Å². The molecule has 9 heteroatoms. The number of nitrogens with zero attached hydrogens (tertiary/aromatic N) is 5. The van der Waals surface area contributed by atoms with Gasteiger partial charge in [0.25, 0.3) is 5.56 Å². The number of carbonyl (C=O) groups excluding carboxylic acids is 1. The zero-order valence-corrected chi connectivity index (χ0v) is 18.1. The monoisotopic (exact) mass is 451 g/mol. The molecule has 1 aromatic carbocycles. The van der Waals surface area contributed by atoms with E-state index in [1.165, 1.54) is 4.57 Å². The van der Waals surface area contributed by atoms with Crippen LogP contribution in [0.15, 0.2) is 59.8 Å². The highest BCUT2D eigenvalue weighted by atomic mass is 16.2. The van der Waals surface area contributed by atoms with E-state index in [9.17, 15) is 9.59 Å². The Balaban J connectivity index is 0.00000204. The van der Waals surface area contributed by atoms with Crippen molar-refractivity contribution in [3.63, 3.8) is 0 Å². The second-order valence-electron chi connectivity index (χ2n) is 7.58. The fourth-order valence-corrected chi connectivity index (χ4v) is 3.47. The number of amides is 1. The number of pyridine rings is 1. The van der Waals surface area contributed by atoms with Gasteiger partial charge in [-0.25, -0.2) is 4.98 Å². The second kappa shape index (κ2) is 10.5. The first-order valence-electron chi connectivity index (χ1n) is 10.4. The molecule has 176 valence electrons. The van der Waals surface area contributed by atoms with Crippen molar-refractivity contribution in [2.75, 3.05) is 11.9 Å². The third-order valence-electron chi connectivity index (χ3n) is 5.26. The molecular weight excluding hydrogens is 418 g/mol. The number of fused-ring (bicyclic) bond motifs is 1. The van der Waals surface area contributed by atoms with Crippen LogP contribution in [0.1, 0.15) is 27.2 Å². The summed E-state index contributed by atoms with van der Waals surface area (Å²) in [5.74, 6) is -0.0199. The smallest absolute Gasteiger partial charge is 0.293 e. The fourth-order valence-electron chi connectivity index (χ4n) is 3.47. The topological polar surface area (TPSA) is 107 Å². The predicted molar refractivity (Wildman–Crippen MR) is 133 cm³/mol. The molecule has 4 aromatic rings. The first kappa shape index (κ1) is 23.6. The Morgan fingerprint density at radius 2 is 2.00 bits per heavy atom. The normalized spacial score (nSPS) is 10.6. The van der Waals surface area contributed by atoms with E-state index in [1.807, 2.05) is 43.4 Å². The molecule has 0 atom stereocenters. The van der Waals surface area contributed by atoms with E-state index in [0.717, 1.165) is 22.2 Å².